The topological polar surface area (TPSA) is 64.2 Å². The Morgan fingerprint density at radius 3 is 1.83 bits per heavy atom. The van der Waals surface area contributed by atoms with Gasteiger partial charge < -0.3 is 11.5 Å². The molecule has 0 amide bonds. The van der Waals surface area contributed by atoms with Crippen molar-refractivity contribution >= 4 is 7.12 Å². The molecule has 0 saturated carbocycles. The second kappa shape index (κ2) is 5.47. The van der Waals surface area contributed by atoms with Gasteiger partial charge in [-0.3, -0.25) is 0 Å². The predicted molar refractivity (Wildman–Crippen MR) is 16.9 cm³/mol. The summed E-state index contributed by atoms with van der Waals surface area (Å²) >= 11 is 0. The van der Waals surface area contributed by atoms with Crippen molar-refractivity contribution in [1.29, 1.82) is 5.26 Å². The standard InChI is InChI=1S/CH2BNO2.Na.H/c3-1-2(4)5;;/h4-5H;;/q;+1;-1. The monoisotopic (exact) mass is 95.0 g/mol. The van der Waals surface area contributed by atoms with E-state index in [4.69, 9.17) is 15.3 Å². The van der Waals surface area contributed by atoms with Gasteiger partial charge in [0, 0.05) is 0 Å². The third kappa shape index (κ3) is 8.82. The number of nitriles is 1. The van der Waals surface area contributed by atoms with Crippen molar-refractivity contribution in [3.8, 4) is 5.97 Å². The molecule has 28 valence electrons. The molecule has 5 heteroatoms. The summed E-state index contributed by atoms with van der Waals surface area (Å²) in [4.78, 5) is 0. The van der Waals surface area contributed by atoms with Crippen LogP contribution in [0, 0.1) is 11.2 Å². The van der Waals surface area contributed by atoms with Gasteiger partial charge in [-0.2, -0.15) is 0 Å². The fraction of sp³-hybridized carbons (Fsp3) is 0. The van der Waals surface area contributed by atoms with Gasteiger partial charge in [-0.25, -0.2) is 5.26 Å². The Bertz CT molecular complexity index is 63.2. The summed E-state index contributed by atoms with van der Waals surface area (Å²) in [6.45, 7) is 0. The fourth-order valence-electron chi connectivity index (χ4n) is 0. The summed E-state index contributed by atoms with van der Waals surface area (Å²) in [5, 5.41) is 22.5. The minimum absolute atomic E-state index is 0. The molecule has 0 unspecified atom stereocenters. The molecule has 2 N–H and O–H groups in total. The van der Waals surface area contributed by atoms with Gasteiger partial charge in [-0.05, 0) is 0 Å². The minimum atomic E-state index is -1.81. The summed E-state index contributed by atoms with van der Waals surface area (Å²) < 4.78 is 0. The molecule has 0 spiro atoms. The third-order valence-corrected chi connectivity index (χ3v) is 0.115. The van der Waals surface area contributed by atoms with Crippen molar-refractivity contribution in [2.75, 3.05) is 0 Å². The summed E-state index contributed by atoms with van der Waals surface area (Å²) in [6, 6.07) is 0. The zero-order chi connectivity index (χ0) is 4.28. The van der Waals surface area contributed by atoms with Gasteiger partial charge in [0.15, 0.2) is 0 Å². The van der Waals surface area contributed by atoms with Crippen LogP contribution >= 0.6 is 0 Å². The quantitative estimate of drug-likeness (QED) is 0.299. The Balaban J connectivity index is -0.0000000800. The third-order valence-electron chi connectivity index (χ3n) is 0.115. The van der Waals surface area contributed by atoms with Crippen LogP contribution in [0.25, 0.3) is 0 Å². The first-order valence-corrected chi connectivity index (χ1v) is 1.03. The molecule has 0 aliphatic rings. The molecular weight excluding hydrogens is 91.8 g/mol. The van der Waals surface area contributed by atoms with Crippen molar-refractivity contribution in [3.05, 3.63) is 0 Å². The molecule has 0 aromatic carbocycles. The second-order valence-corrected chi connectivity index (χ2v) is 0.503. The van der Waals surface area contributed by atoms with Gasteiger partial charge in [0.1, 0.15) is 0 Å². The summed E-state index contributed by atoms with van der Waals surface area (Å²) in [5.41, 5.74) is 0. The Morgan fingerprint density at radius 1 is 1.67 bits per heavy atom. The SMILES string of the molecule is N#CB(O)O.[H-].[Na+]. The van der Waals surface area contributed by atoms with Gasteiger partial charge in [-0.1, -0.05) is 0 Å². The Morgan fingerprint density at radius 2 is 1.83 bits per heavy atom. The number of hydrogen-bond donors (Lipinski definition) is 2. The number of hydrogen-bond acceptors (Lipinski definition) is 3. The molecule has 0 aliphatic heterocycles. The van der Waals surface area contributed by atoms with Crippen molar-refractivity contribution in [3.63, 3.8) is 0 Å². The minimum Gasteiger partial charge on any atom is -1.00 e. The molecule has 0 saturated heterocycles. The molecule has 0 heterocycles. The van der Waals surface area contributed by atoms with E-state index in [0.717, 1.165) is 5.97 Å². The van der Waals surface area contributed by atoms with Crippen LogP contribution in [0.15, 0.2) is 0 Å². The molecule has 0 aromatic rings. The smallest absolute Gasteiger partial charge is 1.00 e. The number of rotatable bonds is 0. The Hall–Kier alpha value is 0.475. The van der Waals surface area contributed by atoms with E-state index in [0.29, 0.717) is 0 Å². The van der Waals surface area contributed by atoms with Crippen molar-refractivity contribution in [2.24, 2.45) is 0 Å². The summed E-state index contributed by atoms with van der Waals surface area (Å²) in [5.74, 6) is 1.14. The average molecular weight is 94.8 g/mol. The Labute approximate surface area is 59.5 Å². The molecule has 3 nitrogen and oxygen atoms in total. The van der Waals surface area contributed by atoms with Crippen molar-refractivity contribution in [2.45, 2.75) is 0 Å². The van der Waals surface area contributed by atoms with Gasteiger partial charge >= 0.3 is 36.7 Å². The maximum Gasteiger partial charge on any atom is 1.00 e. The van der Waals surface area contributed by atoms with Crippen molar-refractivity contribution < 1.29 is 41.0 Å². The molecule has 0 bridgehead atoms. The van der Waals surface area contributed by atoms with Crippen LogP contribution in [0.4, 0.5) is 0 Å². The summed E-state index contributed by atoms with van der Waals surface area (Å²) in [6.07, 6.45) is 0. The van der Waals surface area contributed by atoms with E-state index in [-0.39, 0.29) is 31.0 Å². The maximum atomic E-state index is 7.56. The van der Waals surface area contributed by atoms with Crippen molar-refractivity contribution in [1.82, 2.24) is 0 Å². The molecule has 0 fully saturated rings. The number of nitrogens with zero attached hydrogens (tertiary/aromatic N) is 1. The molecule has 0 aromatic heterocycles. The average Bonchev–Trinajstić information content (AvgIpc) is 1.38. The Kier molecular flexibility index (Phi) is 8.84. The zero-order valence-corrected chi connectivity index (χ0v) is 5.42. The first-order chi connectivity index (χ1) is 2.27. The maximum absolute atomic E-state index is 7.56. The van der Waals surface area contributed by atoms with Crippen LogP contribution in [0.2, 0.25) is 0 Å². The largest absolute Gasteiger partial charge is 1.00 e. The van der Waals surface area contributed by atoms with Gasteiger partial charge in [0.25, 0.3) is 0 Å². The van der Waals surface area contributed by atoms with E-state index in [1.54, 1.807) is 0 Å². The molecule has 6 heavy (non-hydrogen) atoms. The normalized spacial score (nSPS) is 4.83. The first kappa shape index (κ1) is 9.69. The van der Waals surface area contributed by atoms with Crippen LogP contribution < -0.4 is 29.6 Å². The molecule has 0 radical (unpaired) electrons. The van der Waals surface area contributed by atoms with Crippen LogP contribution in [0.5, 0.6) is 0 Å². The van der Waals surface area contributed by atoms with E-state index >= 15 is 0 Å². The van der Waals surface area contributed by atoms with Crippen LogP contribution in [-0.4, -0.2) is 17.2 Å². The molecular formula is CH3BNNaO2. The summed E-state index contributed by atoms with van der Waals surface area (Å²) in [7, 11) is -1.81. The molecule has 0 aliphatic carbocycles. The van der Waals surface area contributed by atoms with E-state index in [2.05, 4.69) is 0 Å². The first-order valence-electron chi connectivity index (χ1n) is 1.03. The van der Waals surface area contributed by atoms with Gasteiger partial charge in [0.2, 0.25) is 0 Å². The van der Waals surface area contributed by atoms with Crippen LogP contribution in [0.1, 0.15) is 1.43 Å². The van der Waals surface area contributed by atoms with E-state index in [1.165, 1.54) is 0 Å². The van der Waals surface area contributed by atoms with Crippen LogP contribution in [-0.2, 0) is 0 Å². The zero-order valence-electron chi connectivity index (χ0n) is 4.42. The van der Waals surface area contributed by atoms with E-state index < -0.39 is 7.12 Å². The van der Waals surface area contributed by atoms with Crippen LogP contribution in [0.3, 0.4) is 0 Å². The second-order valence-electron chi connectivity index (χ2n) is 0.503. The van der Waals surface area contributed by atoms with E-state index in [9.17, 15) is 0 Å². The molecule has 0 rings (SSSR count). The predicted octanol–water partition coefficient (Wildman–Crippen LogP) is -4.36. The molecule has 0 atom stereocenters. The van der Waals surface area contributed by atoms with Gasteiger partial charge in [-0.15, -0.1) is 0 Å². The van der Waals surface area contributed by atoms with E-state index in [1.807, 2.05) is 0 Å². The fourth-order valence-corrected chi connectivity index (χ4v) is 0. The van der Waals surface area contributed by atoms with Gasteiger partial charge in [0.05, 0.1) is 5.97 Å².